The zero-order valence-corrected chi connectivity index (χ0v) is 13.2. The molecule has 1 aromatic rings. The lowest BCUT2D eigenvalue weighted by atomic mass is 10.0. The first-order valence-corrected chi connectivity index (χ1v) is 7.51. The predicted molar refractivity (Wildman–Crippen MR) is 79.1 cm³/mol. The molecule has 0 aliphatic carbocycles. The number of nitrogens with one attached hydrogen (secondary N) is 2. The monoisotopic (exact) mass is 295 g/mol. The Balaban J connectivity index is 1.80. The maximum absolute atomic E-state index is 12.0. The summed E-state index contributed by atoms with van der Waals surface area (Å²) in [5.41, 5.74) is 1.40. The van der Waals surface area contributed by atoms with E-state index < -0.39 is 5.79 Å². The molecule has 2 rings (SSSR count). The summed E-state index contributed by atoms with van der Waals surface area (Å²) >= 11 is 0. The topological polar surface area (TPSA) is 76.2 Å². The second kappa shape index (κ2) is 6.58. The van der Waals surface area contributed by atoms with Crippen molar-refractivity contribution >= 4 is 5.91 Å². The molecule has 2 N–H and O–H groups in total. The van der Waals surface area contributed by atoms with Gasteiger partial charge < -0.3 is 14.8 Å². The fourth-order valence-corrected chi connectivity index (χ4v) is 2.49. The van der Waals surface area contributed by atoms with Crippen molar-refractivity contribution in [2.24, 2.45) is 5.92 Å². The first-order chi connectivity index (χ1) is 9.89. The van der Waals surface area contributed by atoms with Crippen molar-refractivity contribution in [2.75, 3.05) is 19.8 Å². The first kappa shape index (κ1) is 16.0. The lowest BCUT2D eigenvalue weighted by molar-refractivity contribution is -0.153. The summed E-state index contributed by atoms with van der Waals surface area (Å²) in [5.74, 6) is -0.0695. The number of rotatable bonds is 6. The van der Waals surface area contributed by atoms with Crippen LogP contribution in [0.1, 0.15) is 56.2 Å². The molecule has 1 aromatic heterocycles. The van der Waals surface area contributed by atoms with E-state index in [9.17, 15) is 4.79 Å². The number of aromatic amines is 1. The van der Waals surface area contributed by atoms with Crippen LogP contribution in [-0.2, 0) is 9.47 Å². The molecule has 1 aliphatic heterocycles. The van der Waals surface area contributed by atoms with Gasteiger partial charge in [0, 0.05) is 18.7 Å². The molecule has 0 aromatic carbocycles. The van der Waals surface area contributed by atoms with Crippen LogP contribution in [0.2, 0.25) is 0 Å². The average Bonchev–Trinajstić information content (AvgIpc) is 3.05. The molecule has 118 valence electrons. The highest BCUT2D eigenvalue weighted by atomic mass is 16.7. The molecule has 0 unspecified atom stereocenters. The molecule has 0 spiro atoms. The molecule has 1 aliphatic rings. The lowest BCUT2D eigenvalue weighted by Gasteiger charge is -2.25. The average molecular weight is 295 g/mol. The number of amides is 1. The van der Waals surface area contributed by atoms with Gasteiger partial charge in [-0.15, -0.1) is 0 Å². The van der Waals surface area contributed by atoms with Gasteiger partial charge in [0.05, 0.1) is 13.2 Å². The second-order valence-electron chi connectivity index (χ2n) is 6.21. The SMILES string of the molecule is CC(C)c1cc(C(=O)NC[C@H](C)CC2(C)OCCO2)n[nH]1. The molecule has 6 heteroatoms. The molecule has 21 heavy (non-hydrogen) atoms. The zero-order valence-electron chi connectivity index (χ0n) is 13.2. The molecular formula is C15H25N3O3. The van der Waals surface area contributed by atoms with Gasteiger partial charge in [0.2, 0.25) is 0 Å². The summed E-state index contributed by atoms with van der Waals surface area (Å²) in [4.78, 5) is 12.0. The highest BCUT2D eigenvalue weighted by Gasteiger charge is 2.32. The predicted octanol–water partition coefficient (Wildman–Crippen LogP) is 2.05. The molecule has 0 bridgehead atoms. The number of nitrogens with zero attached hydrogens (tertiary/aromatic N) is 1. The minimum absolute atomic E-state index is 0.150. The lowest BCUT2D eigenvalue weighted by Crippen LogP contribution is -2.34. The van der Waals surface area contributed by atoms with E-state index >= 15 is 0 Å². The maximum atomic E-state index is 12.0. The van der Waals surface area contributed by atoms with E-state index in [0.717, 1.165) is 12.1 Å². The number of hydrogen-bond donors (Lipinski definition) is 2. The number of ether oxygens (including phenoxy) is 2. The second-order valence-corrected chi connectivity index (χ2v) is 6.21. The van der Waals surface area contributed by atoms with Crippen LogP contribution in [-0.4, -0.2) is 41.7 Å². The summed E-state index contributed by atoms with van der Waals surface area (Å²) < 4.78 is 11.2. The van der Waals surface area contributed by atoms with Crippen molar-refractivity contribution < 1.29 is 14.3 Å². The number of hydrogen-bond acceptors (Lipinski definition) is 4. The molecule has 1 amide bonds. The molecule has 1 atom stereocenters. The van der Waals surface area contributed by atoms with E-state index in [1.165, 1.54) is 0 Å². The highest BCUT2D eigenvalue weighted by molar-refractivity contribution is 5.92. The van der Waals surface area contributed by atoms with Crippen molar-refractivity contribution in [1.29, 1.82) is 0 Å². The van der Waals surface area contributed by atoms with Crippen LogP contribution in [0.3, 0.4) is 0 Å². The molecule has 2 heterocycles. The standard InChI is InChI=1S/C15H25N3O3/c1-10(2)12-7-13(18-17-12)14(19)16-9-11(3)8-15(4)20-5-6-21-15/h7,10-11H,5-6,8-9H2,1-4H3,(H,16,19)(H,17,18)/t11-/m1/s1. The van der Waals surface area contributed by atoms with Gasteiger partial charge in [0.25, 0.3) is 5.91 Å². The zero-order chi connectivity index (χ0) is 15.5. The van der Waals surface area contributed by atoms with Crippen LogP contribution in [0.25, 0.3) is 0 Å². The van der Waals surface area contributed by atoms with E-state index in [2.05, 4.69) is 36.3 Å². The summed E-state index contributed by atoms with van der Waals surface area (Å²) in [6.45, 7) is 9.98. The fourth-order valence-electron chi connectivity index (χ4n) is 2.49. The van der Waals surface area contributed by atoms with E-state index in [0.29, 0.717) is 31.4 Å². The molecule has 1 fully saturated rings. The van der Waals surface area contributed by atoms with Crippen LogP contribution in [0.15, 0.2) is 6.07 Å². The van der Waals surface area contributed by atoms with E-state index in [-0.39, 0.29) is 11.8 Å². The van der Waals surface area contributed by atoms with Crippen molar-refractivity contribution in [3.63, 3.8) is 0 Å². The third-order valence-corrected chi connectivity index (χ3v) is 3.68. The van der Waals surface area contributed by atoms with Gasteiger partial charge >= 0.3 is 0 Å². The highest BCUT2D eigenvalue weighted by Crippen LogP contribution is 2.26. The van der Waals surface area contributed by atoms with Gasteiger partial charge in [-0.1, -0.05) is 20.8 Å². The Labute approximate surface area is 125 Å². The van der Waals surface area contributed by atoms with E-state index in [1.807, 2.05) is 6.92 Å². The van der Waals surface area contributed by atoms with Crippen LogP contribution in [0.5, 0.6) is 0 Å². The third-order valence-electron chi connectivity index (χ3n) is 3.68. The molecule has 1 saturated heterocycles. The first-order valence-electron chi connectivity index (χ1n) is 7.51. The Morgan fingerprint density at radius 3 is 2.67 bits per heavy atom. The van der Waals surface area contributed by atoms with Crippen LogP contribution >= 0.6 is 0 Å². The van der Waals surface area contributed by atoms with Gasteiger partial charge in [-0.2, -0.15) is 5.10 Å². The van der Waals surface area contributed by atoms with Crippen molar-refractivity contribution in [3.8, 4) is 0 Å². The van der Waals surface area contributed by atoms with Gasteiger partial charge in [-0.25, -0.2) is 0 Å². The normalized spacial score (nSPS) is 18.9. The van der Waals surface area contributed by atoms with E-state index in [1.54, 1.807) is 6.07 Å². The molecular weight excluding hydrogens is 270 g/mol. The van der Waals surface area contributed by atoms with Gasteiger partial charge in [-0.05, 0) is 24.8 Å². The van der Waals surface area contributed by atoms with Crippen LogP contribution in [0, 0.1) is 5.92 Å². The van der Waals surface area contributed by atoms with Gasteiger partial charge in [0.1, 0.15) is 5.69 Å². The minimum Gasteiger partial charge on any atom is -0.350 e. The Hall–Kier alpha value is -1.40. The van der Waals surface area contributed by atoms with Crippen molar-refractivity contribution in [2.45, 2.75) is 45.8 Å². The third kappa shape index (κ3) is 4.28. The summed E-state index contributed by atoms with van der Waals surface area (Å²) in [5, 5.41) is 9.84. The van der Waals surface area contributed by atoms with E-state index in [4.69, 9.17) is 9.47 Å². The van der Waals surface area contributed by atoms with Crippen molar-refractivity contribution in [3.05, 3.63) is 17.5 Å². The van der Waals surface area contributed by atoms with Crippen LogP contribution in [0.4, 0.5) is 0 Å². The summed E-state index contributed by atoms with van der Waals surface area (Å²) in [6.07, 6.45) is 0.755. The number of aromatic nitrogens is 2. The summed E-state index contributed by atoms with van der Waals surface area (Å²) in [7, 11) is 0. The van der Waals surface area contributed by atoms with Crippen molar-refractivity contribution in [1.82, 2.24) is 15.5 Å². The smallest absolute Gasteiger partial charge is 0.271 e. The summed E-state index contributed by atoms with van der Waals surface area (Å²) in [6, 6.07) is 1.80. The quantitative estimate of drug-likeness (QED) is 0.842. The van der Waals surface area contributed by atoms with Gasteiger partial charge in [-0.3, -0.25) is 9.89 Å². The maximum Gasteiger partial charge on any atom is 0.271 e. The minimum atomic E-state index is -0.513. The molecule has 0 saturated carbocycles. The van der Waals surface area contributed by atoms with Crippen LogP contribution < -0.4 is 5.32 Å². The molecule has 6 nitrogen and oxygen atoms in total. The fraction of sp³-hybridized carbons (Fsp3) is 0.733. The Morgan fingerprint density at radius 1 is 1.43 bits per heavy atom. The largest absolute Gasteiger partial charge is 0.350 e. The number of H-pyrrole nitrogens is 1. The van der Waals surface area contributed by atoms with Gasteiger partial charge in [0.15, 0.2) is 5.79 Å². The molecule has 0 radical (unpaired) electrons. The Kier molecular flexibility index (Phi) is 5.00. The Morgan fingerprint density at radius 2 is 2.10 bits per heavy atom. The Bertz CT molecular complexity index is 478. The number of carbonyl (C=O) groups is 1. The number of carbonyl (C=O) groups excluding carboxylic acids is 1.